The molecule has 0 amide bonds. The third kappa shape index (κ3) is 2.22. The van der Waals surface area contributed by atoms with Crippen molar-refractivity contribution in [1.29, 1.82) is 0 Å². The van der Waals surface area contributed by atoms with Crippen molar-refractivity contribution in [1.82, 2.24) is 0 Å². The zero-order valence-corrected chi connectivity index (χ0v) is 8.19. The Morgan fingerprint density at radius 2 is 1.77 bits per heavy atom. The van der Waals surface area contributed by atoms with E-state index in [1.165, 1.54) is 0 Å². The quantitative estimate of drug-likeness (QED) is 0.592. The highest BCUT2D eigenvalue weighted by Gasteiger charge is 2.36. The van der Waals surface area contributed by atoms with Gasteiger partial charge in [-0.1, -0.05) is 13.3 Å². The predicted molar refractivity (Wildman–Crippen MR) is 50.1 cm³/mol. The van der Waals surface area contributed by atoms with Crippen LogP contribution in [0, 0.1) is 23.7 Å². The van der Waals surface area contributed by atoms with E-state index in [2.05, 4.69) is 6.92 Å². The van der Waals surface area contributed by atoms with Gasteiger partial charge in [0.1, 0.15) is 0 Å². The molecule has 0 heterocycles. The van der Waals surface area contributed by atoms with E-state index >= 15 is 0 Å². The Balaban J connectivity index is 2.57. The largest absolute Gasteiger partial charge is 0.396 e. The first kappa shape index (κ1) is 11.0. The predicted octanol–water partition coefficient (Wildman–Crippen LogP) is 0.242. The van der Waals surface area contributed by atoms with Crippen LogP contribution in [0.4, 0.5) is 0 Å². The maximum atomic E-state index is 9.18. The third-order valence-corrected chi connectivity index (χ3v) is 3.52. The Hall–Kier alpha value is -0.120. The molecule has 0 saturated heterocycles. The van der Waals surface area contributed by atoms with E-state index in [-0.39, 0.29) is 31.7 Å². The monoisotopic (exact) mass is 188 g/mol. The standard InChI is InChI=1S/C10H20O3/c1-7-2-3-9(10(7)6-13)8(4-11)5-12/h7-13H,2-6H2,1H3/t7-,9+,10+/m0/s1. The van der Waals surface area contributed by atoms with E-state index in [9.17, 15) is 5.11 Å². The molecule has 3 N–H and O–H groups in total. The normalized spacial score (nSPS) is 34.4. The Morgan fingerprint density at radius 1 is 1.15 bits per heavy atom. The first-order valence-electron chi connectivity index (χ1n) is 5.07. The summed E-state index contributed by atoms with van der Waals surface area (Å²) in [6.45, 7) is 2.38. The molecule has 78 valence electrons. The van der Waals surface area contributed by atoms with Gasteiger partial charge in [0.2, 0.25) is 0 Å². The summed E-state index contributed by atoms with van der Waals surface area (Å²) >= 11 is 0. The van der Waals surface area contributed by atoms with Crippen molar-refractivity contribution in [2.45, 2.75) is 19.8 Å². The SMILES string of the molecule is C[C@H]1CC[C@H](C(CO)CO)[C@@H]1CO. The molecule has 1 aliphatic carbocycles. The van der Waals surface area contributed by atoms with E-state index in [1.54, 1.807) is 0 Å². The van der Waals surface area contributed by atoms with Gasteiger partial charge in [0.15, 0.2) is 0 Å². The van der Waals surface area contributed by atoms with Gasteiger partial charge >= 0.3 is 0 Å². The lowest BCUT2D eigenvalue weighted by molar-refractivity contribution is 0.0623. The van der Waals surface area contributed by atoms with Crippen molar-refractivity contribution in [3.8, 4) is 0 Å². The minimum atomic E-state index is -0.0397. The Labute approximate surface area is 79.4 Å². The highest BCUT2D eigenvalue weighted by Crippen LogP contribution is 2.40. The Bertz CT molecular complexity index is 145. The van der Waals surface area contributed by atoms with E-state index < -0.39 is 0 Å². The average Bonchev–Trinajstić information content (AvgIpc) is 2.50. The second kappa shape index (κ2) is 4.94. The lowest BCUT2D eigenvalue weighted by Gasteiger charge is -2.26. The minimum Gasteiger partial charge on any atom is -0.396 e. The van der Waals surface area contributed by atoms with Gasteiger partial charge in [0, 0.05) is 25.7 Å². The molecule has 1 rings (SSSR count). The van der Waals surface area contributed by atoms with Gasteiger partial charge in [-0.2, -0.15) is 0 Å². The van der Waals surface area contributed by atoms with E-state index in [0.29, 0.717) is 11.8 Å². The maximum Gasteiger partial charge on any atom is 0.0483 e. The van der Waals surface area contributed by atoms with Crippen LogP contribution in [0.15, 0.2) is 0 Å². The summed E-state index contributed by atoms with van der Waals surface area (Å²) in [5.74, 6) is 1.05. The van der Waals surface area contributed by atoms with Crippen LogP contribution in [0.2, 0.25) is 0 Å². The van der Waals surface area contributed by atoms with Crippen LogP contribution in [0.3, 0.4) is 0 Å². The van der Waals surface area contributed by atoms with Crippen molar-refractivity contribution < 1.29 is 15.3 Å². The smallest absolute Gasteiger partial charge is 0.0483 e. The second-order valence-corrected chi connectivity index (χ2v) is 4.19. The lowest BCUT2D eigenvalue weighted by atomic mass is 9.82. The molecule has 1 fully saturated rings. The molecule has 0 bridgehead atoms. The molecule has 0 spiro atoms. The van der Waals surface area contributed by atoms with Gasteiger partial charge in [0.25, 0.3) is 0 Å². The van der Waals surface area contributed by atoms with Gasteiger partial charge in [-0.25, -0.2) is 0 Å². The van der Waals surface area contributed by atoms with Crippen LogP contribution in [-0.2, 0) is 0 Å². The maximum absolute atomic E-state index is 9.18. The zero-order chi connectivity index (χ0) is 9.84. The molecule has 0 aromatic carbocycles. The van der Waals surface area contributed by atoms with E-state index in [4.69, 9.17) is 10.2 Å². The van der Waals surface area contributed by atoms with Gasteiger partial charge in [-0.15, -0.1) is 0 Å². The summed E-state index contributed by atoms with van der Waals surface area (Å²) in [5, 5.41) is 27.3. The summed E-state index contributed by atoms with van der Waals surface area (Å²) in [5.41, 5.74) is 0. The third-order valence-electron chi connectivity index (χ3n) is 3.52. The number of rotatable bonds is 4. The van der Waals surface area contributed by atoms with Gasteiger partial charge in [-0.3, -0.25) is 0 Å². The van der Waals surface area contributed by atoms with Crippen LogP contribution in [0.1, 0.15) is 19.8 Å². The summed E-state index contributed by atoms with van der Waals surface area (Å²) in [7, 11) is 0. The number of hydrogen-bond acceptors (Lipinski definition) is 3. The van der Waals surface area contributed by atoms with Gasteiger partial charge < -0.3 is 15.3 Å². The fourth-order valence-electron chi connectivity index (χ4n) is 2.53. The highest BCUT2D eigenvalue weighted by atomic mass is 16.3. The molecule has 0 aromatic rings. The van der Waals surface area contributed by atoms with Crippen LogP contribution < -0.4 is 0 Å². The number of aliphatic hydroxyl groups excluding tert-OH is 3. The molecule has 3 nitrogen and oxygen atoms in total. The van der Waals surface area contributed by atoms with Crippen molar-refractivity contribution in [2.24, 2.45) is 23.7 Å². The molecule has 1 saturated carbocycles. The summed E-state index contributed by atoms with van der Waals surface area (Å²) in [4.78, 5) is 0. The van der Waals surface area contributed by atoms with E-state index in [0.717, 1.165) is 12.8 Å². The lowest BCUT2D eigenvalue weighted by Crippen LogP contribution is -2.28. The summed E-state index contributed by atoms with van der Waals surface area (Å²) in [6, 6.07) is 0. The minimum absolute atomic E-state index is 0.0321. The van der Waals surface area contributed by atoms with Crippen LogP contribution in [0.25, 0.3) is 0 Å². The molecule has 0 aromatic heterocycles. The molecule has 0 unspecified atom stereocenters. The van der Waals surface area contributed by atoms with Gasteiger partial charge in [-0.05, 0) is 24.2 Å². The zero-order valence-electron chi connectivity index (χ0n) is 8.19. The van der Waals surface area contributed by atoms with Gasteiger partial charge in [0.05, 0.1) is 0 Å². The van der Waals surface area contributed by atoms with Crippen molar-refractivity contribution in [3.63, 3.8) is 0 Å². The first-order chi connectivity index (χ1) is 6.24. The Morgan fingerprint density at radius 3 is 2.23 bits per heavy atom. The van der Waals surface area contributed by atoms with Crippen LogP contribution in [-0.4, -0.2) is 35.1 Å². The number of hydrogen-bond donors (Lipinski definition) is 3. The molecule has 13 heavy (non-hydrogen) atoms. The van der Waals surface area contributed by atoms with Crippen molar-refractivity contribution >= 4 is 0 Å². The number of aliphatic hydroxyl groups is 3. The van der Waals surface area contributed by atoms with Crippen LogP contribution >= 0.6 is 0 Å². The summed E-state index contributed by atoms with van der Waals surface area (Å²) < 4.78 is 0. The first-order valence-corrected chi connectivity index (χ1v) is 5.07. The average molecular weight is 188 g/mol. The summed E-state index contributed by atoms with van der Waals surface area (Å²) in [6.07, 6.45) is 2.13. The molecule has 3 heteroatoms. The molecule has 1 aliphatic rings. The van der Waals surface area contributed by atoms with Crippen LogP contribution in [0.5, 0.6) is 0 Å². The molecule has 3 atom stereocenters. The fourth-order valence-corrected chi connectivity index (χ4v) is 2.53. The van der Waals surface area contributed by atoms with Crippen molar-refractivity contribution in [2.75, 3.05) is 19.8 Å². The molecule has 0 radical (unpaired) electrons. The highest BCUT2D eigenvalue weighted by molar-refractivity contribution is 4.86. The fraction of sp³-hybridized carbons (Fsp3) is 1.00. The topological polar surface area (TPSA) is 60.7 Å². The van der Waals surface area contributed by atoms with Crippen molar-refractivity contribution in [3.05, 3.63) is 0 Å². The molecular formula is C10H20O3. The second-order valence-electron chi connectivity index (χ2n) is 4.19. The Kier molecular flexibility index (Phi) is 4.16. The molecular weight excluding hydrogens is 168 g/mol. The van der Waals surface area contributed by atoms with E-state index in [1.807, 2.05) is 0 Å². The molecule has 0 aliphatic heterocycles.